The van der Waals surface area contributed by atoms with E-state index in [1.165, 1.54) is 6.92 Å². The van der Waals surface area contributed by atoms with Gasteiger partial charge in [-0.15, -0.1) is 0 Å². The number of amides is 4. The molecule has 4 amide bonds. The average molecular weight is 315 g/mol. The molecule has 2 aliphatic heterocycles. The summed E-state index contributed by atoms with van der Waals surface area (Å²) < 4.78 is 0. The predicted molar refractivity (Wildman–Crippen MR) is 80.6 cm³/mol. The molecular formula is C16H17N3O4. The lowest BCUT2D eigenvalue weighted by molar-refractivity contribution is -0.128. The van der Waals surface area contributed by atoms with E-state index in [2.05, 4.69) is 5.32 Å². The molecule has 2 aliphatic rings. The van der Waals surface area contributed by atoms with Crippen molar-refractivity contribution in [3.8, 4) is 0 Å². The maximum atomic E-state index is 12.2. The molecule has 1 aromatic carbocycles. The van der Waals surface area contributed by atoms with E-state index in [9.17, 15) is 19.2 Å². The molecule has 1 fully saturated rings. The topological polar surface area (TPSA) is 86.8 Å². The summed E-state index contributed by atoms with van der Waals surface area (Å²) in [4.78, 5) is 50.4. The molecule has 0 saturated carbocycles. The normalized spacial score (nSPS) is 20.0. The van der Waals surface area contributed by atoms with Crippen LogP contribution in [0.15, 0.2) is 24.3 Å². The summed E-state index contributed by atoms with van der Waals surface area (Å²) in [6.07, 6.45) is 0.674. The molecule has 7 nitrogen and oxygen atoms in total. The van der Waals surface area contributed by atoms with Gasteiger partial charge in [0.15, 0.2) is 0 Å². The van der Waals surface area contributed by atoms with Crippen molar-refractivity contribution in [1.82, 2.24) is 15.1 Å². The summed E-state index contributed by atoms with van der Waals surface area (Å²) in [6, 6.07) is 6.39. The lowest BCUT2D eigenvalue weighted by Crippen LogP contribution is -2.45. The lowest BCUT2D eigenvalue weighted by Gasteiger charge is -2.17. The van der Waals surface area contributed by atoms with Gasteiger partial charge in [0.05, 0.1) is 11.1 Å². The maximum Gasteiger partial charge on any atom is 0.262 e. The number of imide groups is 1. The van der Waals surface area contributed by atoms with Crippen molar-refractivity contribution < 1.29 is 19.2 Å². The molecule has 1 saturated heterocycles. The first-order valence-corrected chi connectivity index (χ1v) is 7.47. The number of carbonyl (C=O) groups excluding carboxylic acids is 4. The van der Waals surface area contributed by atoms with Crippen molar-refractivity contribution in [3.05, 3.63) is 35.4 Å². The lowest BCUT2D eigenvalue weighted by atomic mass is 10.1. The number of nitrogens with zero attached hydrogens (tertiary/aromatic N) is 2. The number of hydrogen-bond donors (Lipinski definition) is 1. The quantitative estimate of drug-likeness (QED) is 0.797. The van der Waals surface area contributed by atoms with Crippen LogP contribution in [0.1, 0.15) is 34.1 Å². The third kappa shape index (κ3) is 2.81. The zero-order chi connectivity index (χ0) is 16.6. The first-order valence-electron chi connectivity index (χ1n) is 7.47. The predicted octanol–water partition coefficient (Wildman–Crippen LogP) is 0.0196. The highest BCUT2D eigenvalue weighted by atomic mass is 16.2. The van der Waals surface area contributed by atoms with Crippen LogP contribution in [-0.4, -0.2) is 59.1 Å². The molecule has 1 N–H and O–H groups in total. The molecule has 1 unspecified atom stereocenters. The van der Waals surface area contributed by atoms with E-state index in [1.807, 2.05) is 0 Å². The number of fused-ring (bicyclic) bond motifs is 1. The van der Waals surface area contributed by atoms with Gasteiger partial charge in [-0.3, -0.25) is 24.1 Å². The Kier molecular flexibility index (Phi) is 3.85. The van der Waals surface area contributed by atoms with Gasteiger partial charge in [-0.05, 0) is 18.6 Å². The minimum absolute atomic E-state index is 0.0258. The average Bonchev–Trinajstić information content (AvgIpc) is 3.07. The van der Waals surface area contributed by atoms with E-state index >= 15 is 0 Å². The van der Waals surface area contributed by atoms with Crippen molar-refractivity contribution in [2.75, 3.05) is 19.6 Å². The van der Waals surface area contributed by atoms with E-state index in [1.54, 1.807) is 29.2 Å². The molecule has 3 rings (SSSR count). The van der Waals surface area contributed by atoms with Crippen LogP contribution < -0.4 is 5.32 Å². The number of rotatable bonds is 3. The number of nitrogens with one attached hydrogen (secondary N) is 1. The maximum absolute atomic E-state index is 12.2. The Hall–Kier alpha value is -2.70. The van der Waals surface area contributed by atoms with Crippen LogP contribution in [-0.2, 0) is 9.59 Å². The minimum Gasteiger partial charge on any atom is -0.350 e. The Labute approximate surface area is 133 Å². The molecule has 0 spiro atoms. The van der Waals surface area contributed by atoms with Crippen LogP contribution in [0.5, 0.6) is 0 Å². The van der Waals surface area contributed by atoms with Crippen molar-refractivity contribution in [1.29, 1.82) is 0 Å². The van der Waals surface area contributed by atoms with Gasteiger partial charge in [-0.25, -0.2) is 0 Å². The zero-order valence-corrected chi connectivity index (χ0v) is 12.7. The van der Waals surface area contributed by atoms with Crippen LogP contribution in [0.25, 0.3) is 0 Å². The Bertz CT molecular complexity index is 665. The van der Waals surface area contributed by atoms with Gasteiger partial charge in [0.2, 0.25) is 11.8 Å². The van der Waals surface area contributed by atoms with Crippen molar-refractivity contribution in [3.63, 3.8) is 0 Å². The van der Waals surface area contributed by atoms with E-state index in [4.69, 9.17) is 0 Å². The van der Waals surface area contributed by atoms with Gasteiger partial charge in [0, 0.05) is 26.1 Å². The highest BCUT2D eigenvalue weighted by Crippen LogP contribution is 2.22. The molecule has 0 aliphatic carbocycles. The number of benzene rings is 1. The van der Waals surface area contributed by atoms with E-state index in [0.717, 1.165) is 4.90 Å². The molecule has 0 radical (unpaired) electrons. The first kappa shape index (κ1) is 15.2. The number of carbonyl (C=O) groups is 4. The third-order valence-corrected chi connectivity index (χ3v) is 4.18. The molecule has 1 atom stereocenters. The van der Waals surface area contributed by atoms with Crippen LogP contribution in [0.2, 0.25) is 0 Å². The van der Waals surface area contributed by atoms with Crippen molar-refractivity contribution >= 4 is 23.6 Å². The summed E-state index contributed by atoms with van der Waals surface area (Å²) in [5.74, 6) is -1.31. The molecule has 0 bridgehead atoms. The third-order valence-electron chi connectivity index (χ3n) is 4.18. The van der Waals surface area contributed by atoms with Crippen LogP contribution >= 0.6 is 0 Å². The van der Waals surface area contributed by atoms with E-state index in [-0.39, 0.29) is 18.5 Å². The Balaban J connectivity index is 1.60. The summed E-state index contributed by atoms with van der Waals surface area (Å²) in [6.45, 7) is 2.25. The molecular weight excluding hydrogens is 298 g/mol. The van der Waals surface area contributed by atoms with Crippen molar-refractivity contribution in [2.45, 2.75) is 19.4 Å². The first-order chi connectivity index (χ1) is 11.0. The van der Waals surface area contributed by atoms with E-state index in [0.29, 0.717) is 30.6 Å². The second-order valence-corrected chi connectivity index (χ2v) is 5.76. The molecule has 120 valence electrons. The largest absolute Gasteiger partial charge is 0.350 e. The van der Waals surface area contributed by atoms with Crippen molar-refractivity contribution in [2.24, 2.45) is 0 Å². The fraction of sp³-hybridized carbons (Fsp3) is 0.375. The molecule has 2 heterocycles. The highest BCUT2D eigenvalue weighted by molar-refractivity contribution is 6.22. The van der Waals surface area contributed by atoms with Gasteiger partial charge in [-0.1, -0.05) is 12.1 Å². The Morgan fingerprint density at radius 2 is 1.78 bits per heavy atom. The number of likely N-dealkylation sites (tertiary alicyclic amines) is 1. The Morgan fingerprint density at radius 1 is 1.17 bits per heavy atom. The van der Waals surface area contributed by atoms with Gasteiger partial charge < -0.3 is 10.2 Å². The smallest absolute Gasteiger partial charge is 0.262 e. The molecule has 0 aromatic heterocycles. The van der Waals surface area contributed by atoms with Crippen LogP contribution in [0.3, 0.4) is 0 Å². The van der Waals surface area contributed by atoms with Gasteiger partial charge in [0.1, 0.15) is 6.54 Å². The fourth-order valence-electron chi connectivity index (χ4n) is 2.96. The van der Waals surface area contributed by atoms with Gasteiger partial charge in [0.25, 0.3) is 11.8 Å². The van der Waals surface area contributed by atoms with Gasteiger partial charge >= 0.3 is 0 Å². The number of hydrogen-bond acceptors (Lipinski definition) is 4. The molecule has 7 heteroatoms. The molecule has 1 aromatic rings. The fourth-order valence-corrected chi connectivity index (χ4v) is 2.96. The standard InChI is InChI=1S/C16H17N3O4/c1-10(20)18-7-6-11(8-18)17-14(21)9-19-15(22)12-4-2-3-5-13(12)16(19)23/h2-5,11H,6-9H2,1H3,(H,17,21). The molecule has 23 heavy (non-hydrogen) atoms. The van der Waals surface area contributed by atoms with Gasteiger partial charge in [-0.2, -0.15) is 0 Å². The summed E-state index contributed by atoms with van der Waals surface area (Å²) in [7, 11) is 0. The summed E-state index contributed by atoms with van der Waals surface area (Å²) >= 11 is 0. The minimum atomic E-state index is -0.447. The highest BCUT2D eigenvalue weighted by Gasteiger charge is 2.36. The van der Waals surface area contributed by atoms with E-state index < -0.39 is 17.7 Å². The monoisotopic (exact) mass is 315 g/mol. The Morgan fingerprint density at radius 3 is 2.30 bits per heavy atom. The second kappa shape index (κ2) is 5.83. The summed E-state index contributed by atoms with van der Waals surface area (Å²) in [5.41, 5.74) is 0.655. The SMILES string of the molecule is CC(=O)N1CCC(NC(=O)CN2C(=O)c3ccccc3C2=O)C1. The van der Waals surface area contributed by atoms with Crippen LogP contribution in [0.4, 0.5) is 0 Å². The van der Waals surface area contributed by atoms with Crippen LogP contribution in [0, 0.1) is 0 Å². The second-order valence-electron chi connectivity index (χ2n) is 5.76. The zero-order valence-electron chi connectivity index (χ0n) is 12.7. The summed E-state index contributed by atoms with van der Waals surface area (Å²) in [5, 5.41) is 2.78.